The Morgan fingerprint density at radius 3 is 2.18 bits per heavy atom. The van der Waals surface area contributed by atoms with Crippen LogP contribution >= 0.6 is 39.1 Å². The molecule has 7 nitrogen and oxygen atoms in total. The van der Waals surface area contributed by atoms with Gasteiger partial charge < -0.3 is 10.2 Å². The Bertz CT molecular complexity index is 1370. The smallest absolute Gasteiger partial charge is 0.244 e. The number of likely N-dealkylation sites (N-methyl/N-ethyl adjacent to an activating group) is 1. The average Bonchev–Trinajstić information content (AvgIpc) is 2.87. The lowest BCUT2D eigenvalue weighted by Gasteiger charge is -2.33. The van der Waals surface area contributed by atoms with Crippen LogP contribution in [0.4, 0.5) is 5.69 Å². The Kier molecular flexibility index (Phi) is 10.6. The highest BCUT2D eigenvalue weighted by atomic mass is 79.9. The number of hydrogen-bond donors (Lipinski definition) is 1. The van der Waals surface area contributed by atoms with Crippen LogP contribution in [0.25, 0.3) is 0 Å². The van der Waals surface area contributed by atoms with Gasteiger partial charge in [-0.2, -0.15) is 0 Å². The van der Waals surface area contributed by atoms with Gasteiger partial charge in [0, 0.05) is 24.0 Å². The SMILES string of the molecule is CCNC(=O)[C@@H](Cc1ccccc1)N(Cc1ccc(Cl)c(Cl)c1)C(=O)CN(c1ccc(Br)cc1)S(C)(=O)=O. The molecule has 0 heterocycles. The highest BCUT2D eigenvalue weighted by molar-refractivity contribution is 9.10. The third-order valence-corrected chi connectivity index (χ3v) is 8.16. The zero-order valence-electron chi connectivity index (χ0n) is 20.9. The molecule has 0 fully saturated rings. The van der Waals surface area contributed by atoms with Crippen LogP contribution in [0.1, 0.15) is 18.1 Å². The standard InChI is InChI=1S/C27H28BrCl2N3O4S/c1-3-31-27(35)25(16-19-7-5-4-6-8-19)32(17-20-9-14-23(29)24(30)15-20)26(34)18-33(38(2,36)37)22-12-10-21(28)11-13-22/h4-15,25H,3,16-18H2,1-2H3,(H,31,35)/t25-/m1/s1. The van der Waals surface area contributed by atoms with Gasteiger partial charge in [0.2, 0.25) is 21.8 Å². The summed E-state index contributed by atoms with van der Waals surface area (Å²) in [6.07, 6.45) is 1.27. The van der Waals surface area contributed by atoms with Crippen LogP contribution in [0.15, 0.2) is 77.3 Å². The van der Waals surface area contributed by atoms with E-state index in [0.29, 0.717) is 27.8 Å². The maximum absolute atomic E-state index is 13.9. The Morgan fingerprint density at radius 1 is 0.947 bits per heavy atom. The summed E-state index contributed by atoms with van der Waals surface area (Å²) in [7, 11) is -3.83. The Hall–Kier alpha value is -2.59. The molecular formula is C27H28BrCl2N3O4S. The van der Waals surface area contributed by atoms with E-state index in [2.05, 4.69) is 21.2 Å². The molecule has 202 valence electrons. The first kappa shape index (κ1) is 30.0. The molecule has 0 saturated carbocycles. The molecule has 0 aliphatic rings. The van der Waals surface area contributed by atoms with Gasteiger partial charge >= 0.3 is 0 Å². The van der Waals surface area contributed by atoms with Crippen LogP contribution in [0.5, 0.6) is 0 Å². The lowest BCUT2D eigenvalue weighted by atomic mass is 10.0. The molecule has 0 saturated heterocycles. The van der Waals surface area contributed by atoms with Crippen molar-refractivity contribution in [2.24, 2.45) is 0 Å². The van der Waals surface area contributed by atoms with E-state index in [0.717, 1.165) is 20.6 Å². The van der Waals surface area contributed by atoms with E-state index < -0.39 is 28.5 Å². The molecule has 3 aromatic carbocycles. The first-order chi connectivity index (χ1) is 18.0. The minimum Gasteiger partial charge on any atom is -0.355 e. The molecule has 3 aromatic rings. The van der Waals surface area contributed by atoms with Crippen LogP contribution in [0.3, 0.4) is 0 Å². The predicted molar refractivity (Wildman–Crippen MR) is 156 cm³/mol. The van der Waals surface area contributed by atoms with Crippen molar-refractivity contribution in [3.05, 3.63) is 98.4 Å². The molecule has 0 unspecified atom stereocenters. The summed E-state index contributed by atoms with van der Waals surface area (Å²) in [5.74, 6) is -0.893. The summed E-state index contributed by atoms with van der Waals surface area (Å²) in [6, 6.07) is 20.0. The number of carbonyl (C=O) groups excluding carboxylic acids is 2. The molecule has 0 radical (unpaired) electrons. The molecule has 11 heteroatoms. The van der Waals surface area contributed by atoms with Crippen molar-refractivity contribution in [2.45, 2.75) is 25.9 Å². The largest absolute Gasteiger partial charge is 0.355 e. The summed E-state index contributed by atoms with van der Waals surface area (Å²) in [4.78, 5) is 28.6. The zero-order chi connectivity index (χ0) is 27.9. The van der Waals surface area contributed by atoms with Crippen LogP contribution in [-0.2, 0) is 32.6 Å². The maximum atomic E-state index is 13.9. The van der Waals surface area contributed by atoms with Gasteiger partial charge in [0.1, 0.15) is 12.6 Å². The number of nitrogens with zero attached hydrogens (tertiary/aromatic N) is 2. The summed E-state index contributed by atoms with van der Waals surface area (Å²) in [6.45, 7) is 1.68. The number of amides is 2. The molecule has 3 rings (SSSR count). The van der Waals surface area contributed by atoms with Crippen LogP contribution in [-0.4, -0.2) is 50.5 Å². The second-order valence-corrected chi connectivity index (χ2v) is 12.3. The average molecular weight is 641 g/mol. The Morgan fingerprint density at radius 2 is 1.61 bits per heavy atom. The zero-order valence-corrected chi connectivity index (χ0v) is 24.8. The molecule has 0 aliphatic heterocycles. The fourth-order valence-electron chi connectivity index (χ4n) is 3.90. The second kappa shape index (κ2) is 13.5. The summed E-state index contributed by atoms with van der Waals surface area (Å²) >= 11 is 15.7. The number of nitrogens with one attached hydrogen (secondary N) is 1. The Labute approximate surface area is 241 Å². The normalized spacial score (nSPS) is 12.0. The Balaban J connectivity index is 2.05. The number of carbonyl (C=O) groups is 2. The van der Waals surface area contributed by atoms with Crippen LogP contribution in [0.2, 0.25) is 10.0 Å². The molecule has 0 bridgehead atoms. The van der Waals surface area contributed by atoms with E-state index in [-0.39, 0.29) is 18.9 Å². The van der Waals surface area contributed by atoms with Crippen molar-refractivity contribution in [1.29, 1.82) is 0 Å². The number of anilines is 1. The maximum Gasteiger partial charge on any atom is 0.244 e. The fourth-order valence-corrected chi connectivity index (χ4v) is 5.34. The minimum atomic E-state index is -3.83. The summed E-state index contributed by atoms with van der Waals surface area (Å²) in [5, 5.41) is 3.48. The third-order valence-electron chi connectivity index (χ3n) is 5.75. The van der Waals surface area contributed by atoms with E-state index in [1.807, 2.05) is 30.3 Å². The number of hydrogen-bond acceptors (Lipinski definition) is 4. The van der Waals surface area contributed by atoms with E-state index in [1.165, 1.54) is 4.90 Å². The van der Waals surface area contributed by atoms with Gasteiger partial charge in [0.15, 0.2) is 0 Å². The first-order valence-corrected chi connectivity index (χ1v) is 15.2. The van der Waals surface area contributed by atoms with Gasteiger partial charge in [-0.05, 0) is 54.4 Å². The quantitative estimate of drug-likeness (QED) is 0.308. The van der Waals surface area contributed by atoms with Crippen molar-refractivity contribution in [3.63, 3.8) is 0 Å². The first-order valence-electron chi connectivity index (χ1n) is 11.8. The van der Waals surface area contributed by atoms with Gasteiger partial charge in [-0.3, -0.25) is 13.9 Å². The van der Waals surface area contributed by atoms with Gasteiger partial charge in [0.05, 0.1) is 22.0 Å². The van der Waals surface area contributed by atoms with Gasteiger partial charge in [-0.1, -0.05) is 75.5 Å². The fraction of sp³-hybridized carbons (Fsp3) is 0.259. The van der Waals surface area contributed by atoms with Crippen LogP contribution < -0.4 is 9.62 Å². The van der Waals surface area contributed by atoms with Crippen LogP contribution in [0, 0.1) is 0 Å². The number of halogens is 3. The molecule has 0 spiro atoms. The lowest BCUT2D eigenvalue weighted by molar-refractivity contribution is -0.140. The molecule has 1 N–H and O–H groups in total. The van der Waals surface area contributed by atoms with Gasteiger partial charge in [-0.25, -0.2) is 8.42 Å². The molecule has 2 amide bonds. The van der Waals surface area contributed by atoms with Crippen molar-refractivity contribution in [2.75, 3.05) is 23.7 Å². The predicted octanol–water partition coefficient (Wildman–Crippen LogP) is 5.30. The minimum absolute atomic E-state index is 0.0162. The monoisotopic (exact) mass is 639 g/mol. The third kappa shape index (κ3) is 8.20. The van der Waals surface area contributed by atoms with Crippen molar-refractivity contribution in [3.8, 4) is 0 Å². The van der Waals surface area contributed by atoms with Crippen molar-refractivity contribution < 1.29 is 18.0 Å². The highest BCUT2D eigenvalue weighted by Crippen LogP contribution is 2.25. The van der Waals surface area contributed by atoms with Crippen molar-refractivity contribution in [1.82, 2.24) is 10.2 Å². The number of rotatable bonds is 11. The van der Waals surface area contributed by atoms with E-state index in [9.17, 15) is 18.0 Å². The second-order valence-electron chi connectivity index (χ2n) is 8.62. The number of sulfonamides is 1. The molecule has 0 aliphatic carbocycles. The van der Waals surface area contributed by atoms with Crippen molar-refractivity contribution >= 4 is 66.7 Å². The van der Waals surface area contributed by atoms with E-state index in [4.69, 9.17) is 23.2 Å². The molecule has 1 atom stereocenters. The molecule has 0 aromatic heterocycles. The van der Waals surface area contributed by atoms with Gasteiger partial charge in [0.25, 0.3) is 0 Å². The highest BCUT2D eigenvalue weighted by Gasteiger charge is 2.33. The topological polar surface area (TPSA) is 86.8 Å². The van der Waals surface area contributed by atoms with E-state index in [1.54, 1.807) is 49.4 Å². The molecule has 38 heavy (non-hydrogen) atoms. The number of benzene rings is 3. The van der Waals surface area contributed by atoms with Gasteiger partial charge in [-0.15, -0.1) is 0 Å². The molecular weight excluding hydrogens is 613 g/mol. The summed E-state index contributed by atoms with van der Waals surface area (Å²) < 4.78 is 27.3. The lowest BCUT2D eigenvalue weighted by Crippen LogP contribution is -2.53. The van der Waals surface area contributed by atoms with E-state index >= 15 is 0 Å². The summed E-state index contributed by atoms with van der Waals surface area (Å²) in [5.41, 5.74) is 1.82.